The highest BCUT2D eigenvalue weighted by atomic mass is 32.2. The van der Waals surface area contributed by atoms with Gasteiger partial charge < -0.3 is 5.73 Å². The summed E-state index contributed by atoms with van der Waals surface area (Å²) < 4.78 is 11.3. The number of aromatic nitrogens is 1. The SMILES string of the molecule is NCC(c1cccnc1)N1CCS(=O)CC1. The number of pyridine rings is 1. The maximum Gasteiger partial charge on any atom is 0.0486 e. The van der Waals surface area contributed by atoms with Crippen LogP contribution >= 0.6 is 0 Å². The lowest BCUT2D eigenvalue weighted by molar-refractivity contribution is 0.221. The summed E-state index contributed by atoms with van der Waals surface area (Å²) in [4.78, 5) is 6.43. The molecular formula is C11H17N3OS. The summed E-state index contributed by atoms with van der Waals surface area (Å²) in [5.41, 5.74) is 6.98. The highest BCUT2D eigenvalue weighted by molar-refractivity contribution is 7.85. The summed E-state index contributed by atoms with van der Waals surface area (Å²) in [5.74, 6) is 1.52. The van der Waals surface area contributed by atoms with Crippen molar-refractivity contribution in [3.63, 3.8) is 0 Å². The third-order valence-corrected chi connectivity index (χ3v) is 4.22. The maximum atomic E-state index is 11.3. The monoisotopic (exact) mass is 239 g/mol. The van der Waals surface area contributed by atoms with Gasteiger partial charge >= 0.3 is 0 Å². The van der Waals surface area contributed by atoms with Gasteiger partial charge in [-0.1, -0.05) is 6.07 Å². The lowest BCUT2D eigenvalue weighted by atomic mass is 10.1. The van der Waals surface area contributed by atoms with E-state index in [2.05, 4.69) is 16.0 Å². The largest absolute Gasteiger partial charge is 0.329 e. The van der Waals surface area contributed by atoms with Gasteiger partial charge in [-0.05, 0) is 11.6 Å². The fourth-order valence-corrected chi connectivity index (χ4v) is 3.11. The third-order valence-electron chi connectivity index (χ3n) is 2.95. The second-order valence-corrected chi connectivity index (χ2v) is 5.62. The van der Waals surface area contributed by atoms with Gasteiger partial charge in [-0.3, -0.25) is 14.1 Å². The Kier molecular flexibility index (Phi) is 4.04. The zero-order valence-corrected chi connectivity index (χ0v) is 10.0. The minimum absolute atomic E-state index is 0.214. The molecule has 16 heavy (non-hydrogen) atoms. The molecule has 1 aromatic heterocycles. The minimum atomic E-state index is -0.634. The summed E-state index contributed by atoms with van der Waals surface area (Å²) >= 11 is 0. The van der Waals surface area contributed by atoms with Gasteiger partial charge in [-0.25, -0.2) is 0 Å². The lowest BCUT2D eigenvalue weighted by Gasteiger charge is -2.33. The van der Waals surface area contributed by atoms with E-state index in [0.717, 1.165) is 30.2 Å². The van der Waals surface area contributed by atoms with Crippen molar-refractivity contribution in [3.05, 3.63) is 30.1 Å². The van der Waals surface area contributed by atoms with E-state index in [-0.39, 0.29) is 6.04 Å². The van der Waals surface area contributed by atoms with Crippen LogP contribution in [0.1, 0.15) is 11.6 Å². The van der Waals surface area contributed by atoms with Crippen molar-refractivity contribution in [1.29, 1.82) is 0 Å². The standard InChI is InChI=1S/C11H17N3OS/c12-8-11(10-2-1-3-13-9-10)14-4-6-16(15)7-5-14/h1-3,9,11H,4-8,12H2. The molecule has 0 amide bonds. The van der Waals surface area contributed by atoms with Crippen LogP contribution in [-0.4, -0.2) is 45.2 Å². The molecular weight excluding hydrogens is 222 g/mol. The number of rotatable bonds is 3. The topological polar surface area (TPSA) is 59.2 Å². The second kappa shape index (κ2) is 5.52. The minimum Gasteiger partial charge on any atom is -0.329 e. The first-order valence-corrected chi connectivity index (χ1v) is 6.99. The Morgan fingerprint density at radius 3 is 2.81 bits per heavy atom. The Hall–Kier alpha value is -0.780. The van der Waals surface area contributed by atoms with E-state index in [4.69, 9.17) is 5.73 Å². The second-order valence-electron chi connectivity index (χ2n) is 3.92. The third kappa shape index (κ3) is 2.66. The van der Waals surface area contributed by atoms with Crippen molar-refractivity contribution in [2.45, 2.75) is 6.04 Å². The summed E-state index contributed by atoms with van der Waals surface area (Å²) in [6.45, 7) is 2.31. The van der Waals surface area contributed by atoms with Gasteiger partial charge in [0.1, 0.15) is 0 Å². The quantitative estimate of drug-likeness (QED) is 0.815. The molecule has 1 atom stereocenters. The average molecular weight is 239 g/mol. The highest BCUT2D eigenvalue weighted by Crippen LogP contribution is 2.19. The number of hydrogen-bond donors (Lipinski definition) is 1. The molecule has 2 heterocycles. The molecule has 1 unspecified atom stereocenters. The fraction of sp³-hybridized carbons (Fsp3) is 0.545. The van der Waals surface area contributed by atoms with Crippen LogP contribution in [0.5, 0.6) is 0 Å². The smallest absolute Gasteiger partial charge is 0.0486 e. The van der Waals surface area contributed by atoms with Crippen LogP contribution in [-0.2, 0) is 10.8 Å². The van der Waals surface area contributed by atoms with Gasteiger partial charge in [0, 0.05) is 60.4 Å². The van der Waals surface area contributed by atoms with E-state index < -0.39 is 10.8 Å². The number of nitrogens with zero attached hydrogens (tertiary/aromatic N) is 2. The fourth-order valence-electron chi connectivity index (χ4n) is 2.03. The van der Waals surface area contributed by atoms with Crippen molar-refractivity contribution in [3.8, 4) is 0 Å². The molecule has 0 bridgehead atoms. The van der Waals surface area contributed by atoms with Crippen LogP contribution < -0.4 is 5.73 Å². The molecule has 5 heteroatoms. The van der Waals surface area contributed by atoms with Crippen LogP contribution in [0.2, 0.25) is 0 Å². The van der Waals surface area contributed by atoms with Gasteiger partial charge in [0.05, 0.1) is 0 Å². The molecule has 2 N–H and O–H groups in total. The zero-order valence-electron chi connectivity index (χ0n) is 9.21. The Bertz CT molecular complexity index is 348. The first-order chi connectivity index (χ1) is 7.81. The molecule has 88 valence electrons. The van der Waals surface area contributed by atoms with E-state index >= 15 is 0 Å². The van der Waals surface area contributed by atoms with Crippen molar-refractivity contribution in [2.75, 3.05) is 31.1 Å². The molecule has 1 saturated heterocycles. The zero-order chi connectivity index (χ0) is 11.4. The van der Waals surface area contributed by atoms with E-state index in [0.29, 0.717) is 6.54 Å². The number of hydrogen-bond acceptors (Lipinski definition) is 4. The van der Waals surface area contributed by atoms with Crippen molar-refractivity contribution >= 4 is 10.8 Å². The molecule has 0 radical (unpaired) electrons. The Morgan fingerprint density at radius 2 is 2.25 bits per heavy atom. The Labute approximate surface area is 98.3 Å². The maximum absolute atomic E-state index is 11.3. The predicted octanol–water partition coefficient (Wildman–Crippen LogP) is 0.146. The van der Waals surface area contributed by atoms with Crippen LogP contribution in [0.15, 0.2) is 24.5 Å². The van der Waals surface area contributed by atoms with Gasteiger partial charge in [-0.2, -0.15) is 0 Å². The van der Waals surface area contributed by atoms with Crippen LogP contribution in [0.4, 0.5) is 0 Å². The van der Waals surface area contributed by atoms with Gasteiger partial charge in [-0.15, -0.1) is 0 Å². The average Bonchev–Trinajstić information content (AvgIpc) is 2.34. The molecule has 0 aliphatic carbocycles. The molecule has 0 saturated carbocycles. The molecule has 1 aliphatic rings. The molecule has 2 rings (SSSR count). The molecule has 1 fully saturated rings. The van der Waals surface area contributed by atoms with Crippen LogP contribution in [0.25, 0.3) is 0 Å². The Balaban J connectivity index is 2.08. The lowest BCUT2D eigenvalue weighted by Crippen LogP contribution is -2.42. The summed E-state index contributed by atoms with van der Waals surface area (Å²) in [6.07, 6.45) is 3.63. The van der Waals surface area contributed by atoms with E-state index in [1.807, 2.05) is 12.3 Å². The highest BCUT2D eigenvalue weighted by Gasteiger charge is 2.23. The van der Waals surface area contributed by atoms with E-state index in [1.165, 1.54) is 0 Å². The van der Waals surface area contributed by atoms with Gasteiger partial charge in [0.2, 0.25) is 0 Å². The van der Waals surface area contributed by atoms with Crippen molar-refractivity contribution < 1.29 is 4.21 Å². The summed E-state index contributed by atoms with van der Waals surface area (Å²) in [7, 11) is -0.634. The van der Waals surface area contributed by atoms with Crippen molar-refractivity contribution in [1.82, 2.24) is 9.88 Å². The molecule has 1 aromatic rings. The molecule has 4 nitrogen and oxygen atoms in total. The van der Waals surface area contributed by atoms with Crippen LogP contribution in [0, 0.1) is 0 Å². The van der Waals surface area contributed by atoms with Gasteiger partial charge in [0.15, 0.2) is 0 Å². The number of nitrogens with two attached hydrogens (primary N) is 1. The predicted molar refractivity (Wildman–Crippen MR) is 65.5 cm³/mol. The first-order valence-electron chi connectivity index (χ1n) is 5.50. The summed E-state index contributed by atoms with van der Waals surface area (Å²) in [5, 5.41) is 0. The van der Waals surface area contributed by atoms with Gasteiger partial charge in [0.25, 0.3) is 0 Å². The van der Waals surface area contributed by atoms with Crippen molar-refractivity contribution in [2.24, 2.45) is 5.73 Å². The summed E-state index contributed by atoms with van der Waals surface area (Å²) in [6, 6.07) is 4.20. The molecule has 1 aliphatic heterocycles. The van der Waals surface area contributed by atoms with E-state index in [9.17, 15) is 4.21 Å². The Morgan fingerprint density at radius 1 is 1.50 bits per heavy atom. The van der Waals surface area contributed by atoms with E-state index in [1.54, 1.807) is 6.20 Å². The normalized spacial score (nSPS) is 20.8. The first kappa shape index (κ1) is 11.7. The molecule has 0 aromatic carbocycles. The molecule has 0 spiro atoms. The van der Waals surface area contributed by atoms with Crippen LogP contribution in [0.3, 0.4) is 0 Å².